The molecule has 1 aromatic carbocycles. The SMILES string of the molecule is CC(O)c1ccc(N2CCCCCC2CO)cc1Cl. The van der Waals surface area contributed by atoms with Crippen molar-refractivity contribution < 1.29 is 10.2 Å². The van der Waals surface area contributed by atoms with Gasteiger partial charge in [0.05, 0.1) is 18.8 Å². The van der Waals surface area contributed by atoms with Crippen molar-refractivity contribution >= 4 is 17.3 Å². The van der Waals surface area contributed by atoms with E-state index in [1.165, 1.54) is 12.8 Å². The maximum absolute atomic E-state index is 9.61. The minimum Gasteiger partial charge on any atom is -0.394 e. The summed E-state index contributed by atoms with van der Waals surface area (Å²) < 4.78 is 0. The molecular weight excluding hydrogens is 262 g/mol. The van der Waals surface area contributed by atoms with Crippen molar-refractivity contribution in [2.45, 2.75) is 44.8 Å². The van der Waals surface area contributed by atoms with Gasteiger partial charge in [-0.15, -0.1) is 0 Å². The zero-order valence-electron chi connectivity index (χ0n) is 11.3. The molecule has 0 radical (unpaired) electrons. The second-order valence-corrected chi connectivity index (χ2v) is 5.67. The topological polar surface area (TPSA) is 43.7 Å². The van der Waals surface area contributed by atoms with Crippen LogP contribution in [0.3, 0.4) is 0 Å². The van der Waals surface area contributed by atoms with Crippen molar-refractivity contribution in [2.24, 2.45) is 0 Å². The van der Waals surface area contributed by atoms with Gasteiger partial charge in [-0.25, -0.2) is 0 Å². The first-order valence-corrected chi connectivity index (χ1v) is 7.36. The number of rotatable bonds is 3. The number of benzene rings is 1. The summed E-state index contributed by atoms with van der Waals surface area (Å²) in [5.41, 5.74) is 1.79. The molecule has 1 aromatic rings. The Balaban J connectivity index is 2.26. The van der Waals surface area contributed by atoms with Crippen LogP contribution in [0.1, 0.15) is 44.3 Å². The molecule has 106 valence electrons. The Morgan fingerprint density at radius 3 is 2.79 bits per heavy atom. The van der Waals surface area contributed by atoms with E-state index in [1.54, 1.807) is 6.92 Å². The lowest BCUT2D eigenvalue weighted by Gasteiger charge is -2.31. The van der Waals surface area contributed by atoms with Crippen LogP contribution < -0.4 is 4.90 Å². The average molecular weight is 284 g/mol. The number of halogens is 1. The highest BCUT2D eigenvalue weighted by Crippen LogP contribution is 2.30. The lowest BCUT2D eigenvalue weighted by molar-refractivity contribution is 0.199. The van der Waals surface area contributed by atoms with Crippen LogP contribution in [-0.4, -0.2) is 29.4 Å². The van der Waals surface area contributed by atoms with Crippen LogP contribution in [0.15, 0.2) is 18.2 Å². The van der Waals surface area contributed by atoms with E-state index < -0.39 is 6.10 Å². The maximum Gasteiger partial charge on any atom is 0.0776 e. The van der Waals surface area contributed by atoms with E-state index in [-0.39, 0.29) is 12.6 Å². The summed E-state index contributed by atoms with van der Waals surface area (Å²) in [7, 11) is 0. The fourth-order valence-electron chi connectivity index (χ4n) is 2.74. The van der Waals surface area contributed by atoms with Gasteiger partial charge in [0.2, 0.25) is 0 Å². The molecule has 0 aliphatic carbocycles. The van der Waals surface area contributed by atoms with Gasteiger partial charge < -0.3 is 15.1 Å². The molecule has 4 heteroatoms. The van der Waals surface area contributed by atoms with Crippen molar-refractivity contribution in [1.82, 2.24) is 0 Å². The second-order valence-electron chi connectivity index (χ2n) is 5.26. The van der Waals surface area contributed by atoms with Crippen molar-refractivity contribution in [3.05, 3.63) is 28.8 Å². The fourth-order valence-corrected chi connectivity index (χ4v) is 3.07. The Labute approximate surface area is 119 Å². The molecule has 1 aliphatic rings. The summed E-state index contributed by atoms with van der Waals surface area (Å²) in [4.78, 5) is 2.24. The van der Waals surface area contributed by atoms with E-state index in [0.717, 1.165) is 30.6 Å². The molecule has 1 fully saturated rings. The number of anilines is 1. The third-order valence-electron chi connectivity index (χ3n) is 3.85. The molecule has 0 bridgehead atoms. The smallest absolute Gasteiger partial charge is 0.0776 e. The van der Waals surface area contributed by atoms with Crippen LogP contribution in [0, 0.1) is 0 Å². The van der Waals surface area contributed by atoms with Crippen LogP contribution in [0.2, 0.25) is 5.02 Å². The molecule has 2 atom stereocenters. The molecule has 1 heterocycles. The Bertz CT molecular complexity index is 423. The highest BCUT2D eigenvalue weighted by molar-refractivity contribution is 6.31. The molecule has 2 unspecified atom stereocenters. The third-order valence-corrected chi connectivity index (χ3v) is 4.18. The van der Waals surface area contributed by atoms with Gasteiger partial charge in [-0.1, -0.05) is 30.5 Å². The standard InChI is InChI=1S/C15H22ClNO2/c1-11(19)14-7-6-12(9-15(14)16)17-8-4-2-3-5-13(17)10-18/h6-7,9,11,13,18-19H,2-5,8,10H2,1H3. The van der Waals surface area contributed by atoms with Gasteiger partial charge in [0.15, 0.2) is 0 Å². The van der Waals surface area contributed by atoms with E-state index >= 15 is 0 Å². The van der Waals surface area contributed by atoms with Crippen LogP contribution in [-0.2, 0) is 0 Å². The Morgan fingerprint density at radius 1 is 1.37 bits per heavy atom. The zero-order valence-corrected chi connectivity index (χ0v) is 12.1. The number of nitrogens with zero attached hydrogens (tertiary/aromatic N) is 1. The second kappa shape index (κ2) is 6.60. The molecule has 1 aliphatic heterocycles. The zero-order chi connectivity index (χ0) is 13.8. The van der Waals surface area contributed by atoms with Gasteiger partial charge in [-0.2, -0.15) is 0 Å². The Morgan fingerprint density at radius 2 is 2.16 bits per heavy atom. The van der Waals surface area contributed by atoms with Gasteiger partial charge in [-0.05, 0) is 37.5 Å². The van der Waals surface area contributed by atoms with Gasteiger partial charge in [-0.3, -0.25) is 0 Å². The van der Waals surface area contributed by atoms with Gasteiger partial charge in [0, 0.05) is 17.3 Å². The van der Waals surface area contributed by atoms with Crippen LogP contribution in [0.5, 0.6) is 0 Å². The molecule has 19 heavy (non-hydrogen) atoms. The molecule has 1 saturated heterocycles. The van der Waals surface area contributed by atoms with E-state index in [1.807, 2.05) is 18.2 Å². The molecule has 2 N–H and O–H groups in total. The number of hydrogen-bond acceptors (Lipinski definition) is 3. The minimum atomic E-state index is -0.556. The first kappa shape index (κ1) is 14.6. The van der Waals surface area contributed by atoms with Gasteiger partial charge in [0.1, 0.15) is 0 Å². The highest BCUT2D eigenvalue weighted by Gasteiger charge is 2.21. The summed E-state index contributed by atoms with van der Waals surface area (Å²) in [5.74, 6) is 0. The van der Waals surface area contributed by atoms with Crippen molar-refractivity contribution in [2.75, 3.05) is 18.1 Å². The Kier molecular flexibility index (Phi) is 5.08. The number of aliphatic hydroxyl groups excluding tert-OH is 2. The average Bonchev–Trinajstić information content (AvgIpc) is 2.63. The van der Waals surface area contributed by atoms with Gasteiger partial charge in [0.25, 0.3) is 0 Å². The summed E-state index contributed by atoms with van der Waals surface area (Å²) in [5, 5.41) is 19.7. The van der Waals surface area contributed by atoms with Crippen LogP contribution >= 0.6 is 11.6 Å². The quantitative estimate of drug-likeness (QED) is 0.896. The number of hydrogen-bond donors (Lipinski definition) is 2. The lowest BCUT2D eigenvalue weighted by Crippen LogP contribution is -2.37. The largest absolute Gasteiger partial charge is 0.394 e. The normalized spacial score (nSPS) is 22.1. The molecular formula is C15H22ClNO2. The van der Waals surface area contributed by atoms with Crippen molar-refractivity contribution in [3.8, 4) is 0 Å². The van der Waals surface area contributed by atoms with E-state index in [2.05, 4.69) is 4.90 Å². The van der Waals surface area contributed by atoms with Gasteiger partial charge >= 0.3 is 0 Å². The molecule has 0 amide bonds. The molecule has 2 rings (SSSR count). The summed E-state index contributed by atoms with van der Waals surface area (Å²) in [6, 6.07) is 5.94. The molecule has 0 spiro atoms. The van der Waals surface area contributed by atoms with E-state index in [0.29, 0.717) is 5.02 Å². The lowest BCUT2D eigenvalue weighted by atomic mass is 10.1. The first-order valence-electron chi connectivity index (χ1n) is 6.98. The summed E-state index contributed by atoms with van der Waals surface area (Å²) >= 11 is 6.23. The van der Waals surface area contributed by atoms with E-state index in [9.17, 15) is 10.2 Å². The fraction of sp³-hybridized carbons (Fsp3) is 0.600. The van der Waals surface area contributed by atoms with Crippen LogP contribution in [0.4, 0.5) is 5.69 Å². The molecule has 0 aromatic heterocycles. The Hall–Kier alpha value is -0.770. The first-order chi connectivity index (χ1) is 9.13. The summed E-state index contributed by atoms with van der Waals surface area (Å²) in [6.45, 7) is 2.84. The molecule has 3 nitrogen and oxygen atoms in total. The number of aliphatic hydroxyl groups is 2. The third kappa shape index (κ3) is 3.41. The predicted molar refractivity (Wildman–Crippen MR) is 78.8 cm³/mol. The van der Waals surface area contributed by atoms with Crippen molar-refractivity contribution in [3.63, 3.8) is 0 Å². The highest BCUT2D eigenvalue weighted by atomic mass is 35.5. The minimum absolute atomic E-state index is 0.176. The van der Waals surface area contributed by atoms with Crippen LogP contribution in [0.25, 0.3) is 0 Å². The molecule has 0 saturated carbocycles. The predicted octanol–water partition coefficient (Wildman–Crippen LogP) is 3.13. The van der Waals surface area contributed by atoms with Crippen molar-refractivity contribution in [1.29, 1.82) is 0 Å². The summed E-state index contributed by atoms with van der Waals surface area (Å²) in [6.07, 6.45) is 3.99. The maximum atomic E-state index is 9.61. The van der Waals surface area contributed by atoms with E-state index in [4.69, 9.17) is 11.6 Å². The monoisotopic (exact) mass is 283 g/mol.